The van der Waals surface area contributed by atoms with Crippen molar-refractivity contribution in [2.24, 2.45) is 0 Å². The number of rotatable bonds is 9. The normalized spacial score (nSPS) is 16.6. The molecular weight excluding hydrogens is 485 g/mol. The molecule has 0 aromatic carbocycles. The Hall–Kier alpha value is -2.84. The average Bonchev–Trinajstić information content (AvgIpc) is 3.62. The largest absolute Gasteiger partial charge is 3.00 e. The number of hydrogen-bond donors (Lipinski definition) is 0. The zero-order valence-corrected chi connectivity index (χ0v) is 22.4. The van der Waals surface area contributed by atoms with Gasteiger partial charge in [0.25, 0.3) is 0 Å². The maximum atomic E-state index is 12.4. The van der Waals surface area contributed by atoms with Gasteiger partial charge in [0.2, 0.25) is 11.6 Å². The van der Waals surface area contributed by atoms with Crippen LogP contribution in [0, 0.1) is 0 Å². The van der Waals surface area contributed by atoms with Crippen molar-refractivity contribution in [1.29, 1.82) is 0 Å². The molecule has 3 fully saturated rings. The number of carbonyl (C=O) groups excluding carboxylic acids is 5. The number of ketones is 2. The molecule has 0 unspecified atom stereocenters. The number of carbonyl (C=O) groups is 5. The van der Waals surface area contributed by atoms with E-state index in [4.69, 9.17) is 0 Å². The van der Waals surface area contributed by atoms with Crippen LogP contribution in [0.2, 0.25) is 0 Å². The first-order chi connectivity index (χ1) is 16.6. The molecule has 3 aliphatic heterocycles. The molecule has 1 aliphatic carbocycles. The Kier molecular flexibility index (Phi) is 15.4. The maximum Gasteiger partial charge on any atom is 3.00 e. The van der Waals surface area contributed by atoms with Gasteiger partial charge >= 0.3 is 17.4 Å². The molecule has 36 heavy (non-hydrogen) atoms. The van der Waals surface area contributed by atoms with Crippen molar-refractivity contribution in [3.63, 3.8) is 0 Å². The summed E-state index contributed by atoms with van der Waals surface area (Å²) in [6, 6.07) is 0. The summed E-state index contributed by atoms with van der Waals surface area (Å²) in [6.07, 6.45) is 4.07. The SMILES string of the molecule is CCCC(=O)[O-].CCCC(=O)[O-].CCCC(=O)[O-].O=C1C=C(N2CC2)C(=O)C(N2CC2)=C1N1CC1.[Al+3]. The molecular formula is C24H34AlN3O8. The number of aliphatic carboxylic acids is 3. The van der Waals surface area contributed by atoms with Gasteiger partial charge in [0, 0.05) is 63.3 Å². The van der Waals surface area contributed by atoms with E-state index < -0.39 is 17.9 Å². The molecule has 0 spiro atoms. The summed E-state index contributed by atoms with van der Waals surface area (Å²) in [4.78, 5) is 58.9. The van der Waals surface area contributed by atoms with Crippen LogP contribution in [0.25, 0.3) is 0 Å². The van der Waals surface area contributed by atoms with Gasteiger partial charge in [-0.15, -0.1) is 0 Å². The molecule has 3 saturated heterocycles. The summed E-state index contributed by atoms with van der Waals surface area (Å²) >= 11 is 0. The van der Waals surface area contributed by atoms with Gasteiger partial charge in [-0.3, -0.25) is 9.59 Å². The Morgan fingerprint density at radius 1 is 0.667 bits per heavy atom. The third-order valence-electron chi connectivity index (χ3n) is 4.85. The second-order valence-electron chi connectivity index (χ2n) is 8.25. The van der Waals surface area contributed by atoms with Gasteiger partial charge in [-0.1, -0.05) is 40.0 Å². The topological polar surface area (TPSA) is 164 Å². The molecule has 3 heterocycles. The Morgan fingerprint density at radius 2 is 1.00 bits per heavy atom. The first-order valence-electron chi connectivity index (χ1n) is 12.0. The first-order valence-corrected chi connectivity index (χ1v) is 12.0. The molecule has 0 bridgehead atoms. The number of allylic oxidation sites excluding steroid dienone is 1. The molecule has 0 N–H and O–H groups in total. The molecule has 4 aliphatic rings. The van der Waals surface area contributed by atoms with Gasteiger partial charge in [0.1, 0.15) is 11.4 Å². The van der Waals surface area contributed by atoms with Gasteiger partial charge in [-0.25, -0.2) is 0 Å². The summed E-state index contributed by atoms with van der Waals surface area (Å²) in [5.41, 5.74) is 1.89. The van der Waals surface area contributed by atoms with Crippen LogP contribution >= 0.6 is 0 Å². The molecule has 0 amide bonds. The quantitative estimate of drug-likeness (QED) is 0.178. The second kappa shape index (κ2) is 16.8. The molecule has 12 heteroatoms. The van der Waals surface area contributed by atoms with E-state index in [1.165, 1.54) is 6.08 Å². The minimum atomic E-state index is -0.961. The van der Waals surface area contributed by atoms with Gasteiger partial charge < -0.3 is 44.4 Å². The molecule has 4 rings (SSSR count). The first kappa shape index (κ1) is 33.2. The van der Waals surface area contributed by atoms with E-state index >= 15 is 0 Å². The molecule has 0 aromatic heterocycles. The Balaban J connectivity index is 0.000000543. The van der Waals surface area contributed by atoms with Crippen molar-refractivity contribution in [1.82, 2.24) is 14.7 Å². The van der Waals surface area contributed by atoms with Crippen LogP contribution in [0.3, 0.4) is 0 Å². The van der Waals surface area contributed by atoms with E-state index in [1.807, 2.05) is 14.7 Å². The Labute approximate surface area is 222 Å². The van der Waals surface area contributed by atoms with Crippen LogP contribution < -0.4 is 15.3 Å². The van der Waals surface area contributed by atoms with Crippen LogP contribution in [0.5, 0.6) is 0 Å². The van der Waals surface area contributed by atoms with Gasteiger partial charge in [-0.05, 0) is 19.3 Å². The van der Waals surface area contributed by atoms with Gasteiger partial charge in [0.05, 0.1) is 5.70 Å². The maximum absolute atomic E-state index is 12.4. The van der Waals surface area contributed by atoms with Crippen molar-refractivity contribution in [3.05, 3.63) is 23.2 Å². The monoisotopic (exact) mass is 519 g/mol. The predicted molar refractivity (Wildman–Crippen MR) is 125 cm³/mol. The van der Waals surface area contributed by atoms with Crippen LogP contribution in [-0.4, -0.2) is 101 Å². The van der Waals surface area contributed by atoms with Crippen molar-refractivity contribution in [3.8, 4) is 0 Å². The fourth-order valence-electron chi connectivity index (χ4n) is 2.89. The third-order valence-corrected chi connectivity index (χ3v) is 4.85. The van der Waals surface area contributed by atoms with Crippen molar-refractivity contribution >= 4 is 46.8 Å². The van der Waals surface area contributed by atoms with E-state index in [-0.39, 0.29) is 48.2 Å². The van der Waals surface area contributed by atoms with Gasteiger partial charge in [0.15, 0.2) is 0 Å². The zero-order valence-electron chi connectivity index (χ0n) is 21.2. The van der Waals surface area contributed by atoms with E-state index in [0.29, 0.717) is 36.4 Å². The summed E-state index contributed by atoms with van der Waals surface area (Å²) < 4.78 is 0. The van der Waals surface area contributed by atoms with Crippen LogP contribution in [-0.2, 0) is 24.0 Å². The number of hydrogen-bond acceptors (Lipinski definition) is 11. The minimum Gasteiger partial charge on any atom is -0.550 e. The molecule has 0 atom stereocenters. The summed E-state index contributed by atoms with van der Waals surface area (Å²) in [6.45, 7) is 10.8. The van der Waals surface area contributed by atoms with E-state index in [1.54, 1.807) is 20.8 Å². The van der Waals surface area contributed by atoms with Crippen LogP contribution in [0.4, 0.5) is 0 Å². The van der Waals surface area contributed by atoms with Crippen LogP contribution in [0.15, 0.2) is 23.2 Å². The molecule has 0 saturated carbocycles. The average molecular weight is 520 g/mol. The van der Waals surface area contributed by atoms with Crippen LogP contribution in [0.1, 0.15) is 59.3 Å². The fraction of sp³-hybridized carbons (Fsp3) is 0.625. The zero-order chi connectivity index (χ0) is 26.5. The number of Topliss-reactive ketones (excluding diaryl/α,β-unsaturated/α-hetero) is 1. The molecule has 0 radical (unpaired) electrons. The summed E-state index contributed by atoms with van der Waals surface area (Å²) in [7, 11) is 0. The van der Waals surface area contributed by atoms with E-state index in [2.05, 4.69) is 0 Å². The summed E-state index contributed by atoms with van der Waals surface area (Å²) in [5.74, 6) is -2.83. The van der Waals surface area contributed by atoms with Gasteiger partial charge in [-0.2, -0.15) is 0 Å². The molecule has 0 aromatic rings. The molecule has 196 valence electrons. The number of carboxylic acids is 3. The standard InChI is InChI=1S/C12H13N3O2.3C4H8O2.Al/c16-9-7-8(13-1-2-13)12(17)11(15-5-6-15)10(9)14-3-4-14;3*1-2-3-4(5)6;/h7H,1-6H2;3*2-3H2,1H3,(H,5,6);/q;;;;+3/p-3. The predicted octanol–water partition coefficient (Wildman–Crippen LogP) is -2.59. The molecule has 11 nitrogen and oxygen atoms in total. The van der Waals surface area contributed by atoms with E-state index in [0.717, 1.165) is 39.3 Å². The Bertz CT molecular complexity index is 821. The number of nitrogens with zero attached hydrogens (tertiary/aromatic N) is 3. The van der Waals surface area contributed by atoms with E-state index in [9.17, 15) is 39.3 Å². The second-order valence-corrected chi connectivity index (χ2v) is 8.25. The Morgan fingerprint density at radius 3 is 1.25 bits per heavy atom. The van der Waals surface area contributed by atoms with Crippen molar-refractivity contribution < 1.29 is 39.3 Å². The number of carboxylic acid groups (broad SMARTS) is 3. The third kappa shape index (κ3) is 12.7. The van der Waals surface area contributed by atoms with Crippen molar-refractivity contribution in [2.45, 2.75) is 59.3 Å². The van der Waals surface area contributed by atoms with Crippen molar-refractivity contribution in [2.75, 3.05) is 39.3 Å². The summed E-state index contributed by atoms with van der Waals surface area (Å²) in [5, 5.41) is 28.5. The minimum absolute atomic E-state index is 0. The smallest absolute Gasteiger partial charge is 0.550 e. The fourth-order valence-corrected chi connectivity index (χ4v) is 2.89.